The van der Waals surface area contributed by atoms with Crippen LogP contribution in [0, 0.1) is 0 Å². The third-order valence-corrected chi connectivity index (χ3v) is 2.53. The van der Waals surface area contributed by atoms with Crippen molar-refractivity contribution in [1.82, 2.24) is 0 Å². The molecule has 2 rings (SSSR count). The predicted molar refractivity (Wildman–Crippen MR) is 61.4 cm³/mol. The largest absolute Gasteiger partial charge is 0.463 e. The van der Waals surface area contributed by atoms with Crippen molar-refractivity contribution >= 4 is 5.97 Å². The van der Waals surface area contributed by atoms with Crippen molar-refractivity contribution in [3.8, 4) is 0 Å². The molecule has 1 aromatic rings. The molecule has 2 atom stereocenters. The maximum Gasteiger partial charge on any atom is 0.302 e. The number of carbonyl (C=O) groups excluding carboxylic acids is 1. The maximum atomic E-state index is 10.6. The van der Waals surface area contributed by atoms with E-state index in [1.165, 1.54) is 6.92 Å². The van der Waals surface area contributed by atoms with E-state index in [2.05, 4.69) is 0 Å². The first-order chi connectivity index (χ1) is 8.25. The fraction of sp³-hybridized carbons (Fsp3) is 0.462. The summed E-state index contributed by atoms with van der Waals surface area (Å²) in [7, 11) is 0. The Morgan fingerprint density at radius 1 is 1.24 bits per heavy atom. The zero-order valence-electron chi connectivity index (χ0n) is 9.80. The van der Waals surface area contributed by atoms with Gasteiger partial charge in [-0.1, -0.05) is 30.3 Å². The molecule has 1 aliphatic heterocycles. The van der Waals surface area contributed by atoms with Crippen LogP contribution < -0.4 is 0 Å². The Bertz CT molecular complexity index is 363. The summed E-state index contributed by atoms with van der Waals surface area (Å²) in [6.07, 6.45) is 0.0766. The van der Waals surface area contributed by atoms with Gasteiger partial charge in [0.05, 0.1) is 13.2 Å². The number of epoxide rings is 1. The van der Waals surface area contributed by atoms with Gasteiger partial charge in [0.1, 0.15) is 18.8 Å². The third kappa shape index (κ3) is 4.17. The van der Waals surface area contributed by atoms with Crippen LogP contribution in [-0.2, 0) is 25.6 Å². The summed E-state index contributed by atoms with van der Waals surface area (Å²) in [5.74, 6) is -0.274. The van der Waals surface area contributed by atoms with Crippen LogP contribution >= 0.6 is 0 Å². The molecule has 0 unspecified atom stereocenters. The lowest BCUT2D eigenvalue weighted by Crippen LogP contribution is -2.11. The topological polar surface area (TPSA) is 48.1 Å². The molecule has 1 aromatic carbocycles. The summed E-state index contributed by atoms with van der Waals surface area (Å²) in [6.45, 7) is 2.85. The maximum absolute atomic E-state index is 10.6. The number of esters is 1. The van der Waals surface area contributed by atoms with Crippen LogP contribution in [0.25, 0.3) is 0 Å². The summed E-state index contributed by atoms with van der Waals surface area (Å²) in [5.41, 5.74) is 1.14. The van der Waals surface area contributed by atoms with Crippen LogP contribution in [0.4, 0.5) is 0 Å². The molecule has 1 aliphatic rings. The first-order valence-electron chi connectivity index (χ1n) is 5.66. The number of carbonyl (C=O) groups is 1. The van der Waals surface area contributed by atoms with Crippen molar-refractivity contribution in [2.24, 2.45) is 0 Å². The van der Waals surface area contributed by atoms with Crippen molar-refractivity contribution < 1.29 is 19.0 Å². The van der Waals surface area contributed by atoms with E-state index in [9.17, 15) is 4.79 Å². The summed E-state index contributed by atoms with van der Waals surface area (Å²) in [6, 6.07) is 9.97. The molecule has 1 saturated heterocycles. The highest BCUT2D eigenvalue weighted by molar-refractivity contribution is 5.65. The predicted octanol–water partition coefficient (Wildman–Crippen LogP) is 1.53. The van der Waals surface area contributed by atoms with E-state index < -0.39 is 0 Å². The van der Waals surface area contributed by atoms with Gasteiger partial charge in [-0.3, -0.25) is 4.79 Å². The molecule has 1 heterocycles. The second-order valence-corrected chi connectivity index (χ2v) is 4.02. The molecule has 0 radical (unpaired) electrons. The standard InChI is InChI=1S/C13H16O4/c1-10(14)16-9-13-12(17-13)8-15-7-11-5-3-2-4-6-11/h2-6,12-13H,7-9H2,1H3/t12-,13+/m0/s1. The van der Waals surface area contributed by atoms with Gasteiger partial charge in [0, 0.05) is 6.92 Å². The van der Waals surface area contributed by atoms with Crippen LogP contribution in [0.2, 0.25) is 0 Å². The van der Waals surface area contributed by atoms with Crippen molar-refractivity contribution in [3.63, 3.8) is 0 Å². The fourth-order valence-corrected chi connectivity index (χ4v) is 1.54. The zero-order valence-corrected chi connectivity index (χ0v) is 9.80. The molecule has 1 fully saturated rings. The van der Waals surface area contributed by atoms with E-state index in [4.69, 9.17) is 14.2 Å². The Morgan fingerprint density at radius 2 is 1.94 bits per heavy atom. The van der Waals surface area contributed by atoms with Crippen LogP contribution in [0.3, 0.4) is 0 Å². The monoisotopic (exact) mass is 236 g/mol. The van der Waals surface area contributed by atoms with Crippen molar-refractivity contribution in [2.45, 2.75) is 25.7 Å². The van der Waals surface area contributed by atoms with Gasteiger partial charge in [-0.05, 0) is 5.56 Å². The fourth-order valence-electron chi connectivity index (χ4n) is 1.54. The van der Waals surface area contributed by atoms with E-state index in [0.29, 0.717) is 19.8 Å². The summed E-state index contributed by atoms with van der Waals surface area (Å²) < 4.78 is 15.7. The van der Waals surface area contributed by atoms with Crippen LogP contribution in [0.1, 0.15) is 12.5 Å². The smallest absolute Gasteiger partial charge is 0.302 e. The van der Waals surface area contributed by atoms with Gasteiger partial charge < -0.3 is 14.2 Å². The summed E-state index contributed by atoms with van der Waals surface area (Å²) in [4.78, 5) is 10.6. The summed E-state index contributed by atoms with van der Waals surface area (Å²) in [5, 5.41) is 0. The molecular weight excluding hydrogens is 220 g/mol. The number of rotatable bonds is 6. The second kappa shape index (κ2) is 5.80. The van der Waals surface area contributed by atoms with Gasteiger partial charge in [0.2, 0.25) is 0 Å². The molecule has 92 valence electrons. The molecule has 0 spiro atoms. The Morgan fingerprint density at radius 3 is 2.65 bits per heavy atom. The van der Waals surface area contributed by atoms with E-state index in [1.54, 1.807) is 0 Å². The normalized spacial score (nSPS) is 22.2. The first-order valence-corrected chi connectivity index (χ1v) is 5.66. The molecular formula is C13H16O4. The van der Waals surface area contributed by atoms with Gasteiger partial charge in [-0.25, -0.2) is 0 Å². The molecule has 4 nitrogen and oxygen atoms in total. The zero-order chi connectivity index (χ0) is 12.1. The average Bonchev–Trinajstić information content (AvgIpc) is 3.07. The first kappa shape index (κ1) is 12.1. The quantitative estimate of drug-likeness (QED) is 0.555. The molecule has 0 N–H and O–H groups in total. The van der Waals surface area contributed by atoms with Gasteiger partial charge in [0.25, 0.3) is 0 Å². The molecule has 17 heavy (non-hydrogen) atoms. The SMILES string of the molecule is CC(=O)OC[C@H]1O[C@H]1COCc1ccccc1. The molecule has 0 aliphatic carbocycles. The summed E-state index contributed by atoms with van der Waals surface area (Å²) >= 11 is 0. The Balaban J connectivity index is 1.57. The average molecular weight is 236 g/mol. The van der Waals surface area contributed by atoms with E-state index in [1.807, 2.05) is 30.3 Å². The minimum absolute atomic E-state index is 0.00896. The van der Waals surface area contributed by atoms with Gasteiger partial charge in [-0.2, -0.15) is 0 Å². The van der Waals surface area contributed by atoms with Crippen LogP contribution in [0.15, 0.2) is 30.3 Å². The van der Waals surface area contributed by atoms with Gasteiger partial charge in [0.15, 0.2) is 0 Å². The van der Waals surface area contributed by atoms with Crippen molar-refractivity contribution in [2.75, 3.05) is 13.2 Å². The molecule has 0 bridgehead atoms. The Hall–Kier alpha value is -1.39. The molecule has 0 aromatic heterocycles. The van der Waals surface area contributed by atoms with E-state index >= 15 is 0 Å². The van der Waals surface area contributed by atoms with Gasteiger partial charge >= 0.3 is 5.97 Å². The third-order valence-electron chi connectivity index (χ3n) is 2.53. The van der Waals surface area contributed by atoms with Crippen molar-refractivity contribution in [3.05, 3.63) is 35.9 Å². The number of ether oxygens (including phenoxy) is 3. The highest BCUT2D eigenvalue weighted by Crippen LogP contribution is 2.22. The van der Waals surface area contributed by atoms with Crippen LogP contribution in [-0.4, -0.2) is 31.4 Å². The van der Waals surface area contributed by atoms with E-state index in [-0.39, 0.29) is 18.2 Å². The lowest BCUT2D eigenvalue weighted by atomic mass is 10.2. The molecule has 0 saturated carbocycles. The van der Waals surface area contributed by atoms with E-state index in [0.717, 1.165) is 5.56 Å². The number of hydrogen-bond donors (Lipinski definition) is 0. The highest BCUT2D eigenvalue weighted by atomic mass is 16.6. The molecule has 4 heteroatoms. The number of benzene rings is 1. The highest BCUT2D eigenvalue weighted by Gasteiger charge is 2.39. The second-order valence-electron chi connectivity index (χ2n) is 4.02. The lowest BCUT2D eigenvalue weighted by molar-refractivity contribution is -0.141. The minimum atomic E-state index is -0.274. The molecule has 0 amide bonds. The minimum Gasteiger partial charge on any atom is -0.463 e. The Kier molecular flexibility index (Phi) is 4.12. The van der Waals surface area contributed by atoms with Crippen molar-refractivity contribution in [1.29, 1.82) is 0 Å². The van der Waals surface area contributed by atoms with Gasteiger partial charge in [-0.15, -0.1) is 0 Å². The number of hydrogen-bond acceptors (Lipinski definition) is 4. The van der Waals surface area contributed by atoms with Crippen LogP contribution in [0.5, 0.6) is 0 Å². The Labute approximate surface area is 100 Å². The lowest BCUT2D eigenvalue weighted by Gasteiger charge is -2.02.